The summed E-state index contributed by atoms with van der Waals surface area (Å²) in [5.74, 6) is -0.618. The van der Waals surface area contributed by atoms with Crippen molar-refractivity contribution in [2.24, 2.45) is 5.73 Å². The maximum Gasteiger partial charge on any atom is 0.305 e. The monoisotopic (exact) mass is 281 g/mol. The van der Waals surface area contributed by atoms with E-state index in [1.54, 1.807) is 24.3 Å². The molecular formula is C14H19NO5. The summed E-state index contributed by atoms with van der Waals surface area (Å²) in [6.45, 7) is -0.0546. The molecule has 0 aliphatic heterocycles. The topological polar surface area (TPSA) is 110 Å². The SMILES string of the molecule is COC(=O)CCC(=O)c1ccc(C(O)C(O)CN)cc1. The van der Waals surface area contributed by atoms with Crippen LogP contribution in [0.1, 0.15) is 34.9 Å². The molecule has 2 atom stereocenters. The fourth-order valence-electron chi connectivity index (χ4n) is 1.68. The van der Waals surface area contributed by atoms with Crippen LogP contribution in [0.5, 0.6) is 0 Å². The van der Waals surface area contributed by atoms with Crippen molar-refractivity contribution >= 4 is 11.8 Å². The molecule has 20 heavy (non-hydrogen) atoms. The van der Waals surface area contributed by atoms with Gasteiger partial charge in [-0.25, -0.2) is 0 Å². The molecule has 0 fully saturated rings. The Morgan fingerprint density at radius 1 is 1.20 bits per heavy atom. The van der Waals surface area contributed by atoms with Gasteiger partial charge in [-0.2, -0.15) is 0 Å². The lowest BCUT2D eigenvalue weighted by molar-refractivity contribution is -0.140. The van der Waals surface area contributed by atoms with Gasteiger partial charge in [0.25, 0.3) is 0 Å². The first-order chi connectivity index (χ1) is 9.49. The number of ketones is 1. The summed E-state index contributed by atoms with van der Waals surface area (Å²) in [7, 11) is 1.27. The number of methoxy groups -OCH3 is 1. The van der Waals surface area contributed by atoms with Crippen molar-refractivity contribution in [1.82, 2.24) is 0 Å². The fourth-order valence-corrected chi connectivity index (χ4v) is 1.68. The molecule has 0 spiro atoms. The van der Waals surface area contributed by atoms with Gasteiger partial charge in [-0.15, -0.1) is 0 Å². The van der Waals surface area contributed by atoms with Gasteiger partial charge < -0.3 is 20.7 Å². The van der Waals surface area contributed by atoms with Crippen molar-refractivity contribution in [2.45, 2.75) is 25.0 Å². The predicted molar refractivity (Wildman–Crippen MR) is 72.0 cm³/mol. The van der Waals surface area contributed by atoms with Gasteiger partial charge in [-0.3, -0.25) is 9.59 Å². The molecule has 4 N–H and O–H groups in total. The van der Waals surface area contributed by atoms with Crippen molar-refractivity contribution in [3.8, 4) is 0 Å². The molecule has 0 amide bonds. The lowest BCUT2D eigenvalue weighted by atomic mass is 10.00. The Labute approximate surface area is 117 Å². The third kappa shape index (κ3) is 4.41. The molecule has 110 valence electrons. The number of benzene rings is 1. The van der Waals surface area contributed by atoms with Crippen molar-refractivity contribution in [2.75, 3.05) is 13.7 Å². The Bertz CT molecular complexity index is 457. The van der Waals surface area contributed by atoms with E-state index in [1.807, 2.05) is 0 Å². The number of carbonyl (C=O) groups excluding carboxylic acids is 2. The van der Waals surface area contributed by atoms with E-state index in [1.165, 1.54) is 7.11 Å². The van der Waals surface area contributed by atoms with Crippen LogP contribution in [0.25, 0.3) is 0 Å². The minimum Gasteiger partial charge on any atom is -0.469 e. The summed E-state index contributed by atoms with van der Waals surface area (Å²) in [5.41, 5.74) is 6.18. The van der Waals surface area contributed by atoms with E-state index in [0.717, 1.165) is 0 Å². The summed E-state index contributed by atoms with van der Waals surface area (Å²) in [6.07, 6.45) is -2.03. The standard InChI is InChI=1S/C14H19NO5/c1-20-13(18)7-6-11(16)9-2-4-10(5-3-9)14(19)12(17)8-15/h2-5,12,14,17,19H,6-8,15H2,1H3. The highest BCUT2D eigenvalue weighted by Crippen LogP contribution is 2.18. The van der Waals surface area contributed by atoms with Gasteiger partial charge in [0, 0.05) is 18.5 Å². The highest BCUT2D eigenvalue weighted by atomic mass is 16.5. The number of rotatable bonds is 7. The quantitative estimate of drug-likeness (QED) is 0.485. The highest BCUT2D eigenvalue weighted by molar-refractivity contribution is 5.97. The Morgan fingerprint density at radius 3 is 2.30 bits per heavy atom. The number of aliphatic hydroxyl groups is 2. The number of nitrogens with two attached hydrogens (primary N) is 1. The third-order valence-electron chi connectivity index (χ3n) is 2.96. The molecule has 0 saturated heterocycles. The van der Waals surface area contributed by atoms with E-state index in [9.17, 15) is 19.8 Å². The number of carbonyl (C=O) groups is 2. The molecular weight excluding hydrogens is 262 g/mol. The molecule has 0 aliphatic carbocycles. The van der Waals surface area contributed by atoms with Gasteiger partial charge in [0.2, 0.25) is 0 Å². The highest BCUT2D eigenvalue weighted by Gasteiger charge is 2.17. The number of Topliss-reactive ketones (excluding diaryl/α,β-unsaturated/α-hetero) is 1. The van der Waals surface area contributed by atoms with E-state index in [-0.39, 0.29) is 25.2 Å². The smallest absolute Gasteiger partial charge is 0.305 e. The Morgan fingerprint density at radius 2 is 1.80 bits per heavy atom. The zero-order valence-electron chi connectivity index (χ0n) is 11.3. The number of esters is 1. The average Bonchev–Trinajstić information content (AvgIpc) is 2.50. The molecule has 6 nitrogen and oxygen atoms in total. The van der Waals surface area contributed by atoms with Crippen molar-refractivity contribution in [1.29, 1.82) is 0 Å². The third-order valence-corrected chi connectivity index (χ3v) is 2.96. The molecule has 0 aromatic heterocycles. The van der Waals surface area contributed by atoms with Gasteiger partial charge in [0.15, 0.2) is 5.78 Å². The van der Waals surface area contributed by atoms with E-state index < -0.39 is 18.2 Å². The van der Waals surface area contributed by atoms with Crippen LogP contribution in [0, 0.1) is 0 Å². The summed E-state index contributed by atoms with van der Waals surface area (Å²) in [5, 5.41) is 19.2. The first-order valence-electron chi connectivity index (χ1n) is 6.25. The van der Waals surface area contributed by atoms with Gasteiger partial charge in [0.1, 0.15) is 6.10 Å². The molecule has 0 bridgehead atoms. The van der Waals surface area contributed by atoms with Crippen LogP contribution in [0.3, 0.4) is 0 Å². The van der Waals surface area contributed by atoms with E-state index in [0.29, 0.717) is 11.1 Å². The number of hydrogen-bond acceptors (Lipinski definition) is 6. The second-order valence-electron chi connectivity index (χ2n) is 4.37. The first kappa shape index (κ1) is 16.3. The van der Waals surface area contributed by atoms with Crippen molar-refractivity contribution in [3.63, 3.8) is 0 Å². The Balaban J connectivity index is 2.66. The molecule has 2 unspecified atom stereocenters. The molecule has 0 aliphatic rings. The average molecular weight is 281 g/mol. The van der Waals surface area contributed by atoms with Gasteiger partial charge in [0.05, 0.1) is 19.6 Å². The minimum atomic E-state index is -1.08. The summed E-state index contributed by atoms with van der Waals surface area (Å²) < 4.78 is 4.46. The maximum absolute atomic E-state index is 11.8. The van der Waals surface area contributed by atoms with Gasteiger partial charge in [-0.05, 0) is 5.56 Å². The molecule has 1 aromatic rings. The summed E-state index contributed by atoms with van der Waals surface area (Å²) in [6, 6.07) is 6.19. The summed E-state index contributed by atoms with van der Waals surface area (Å²) in [4.78, 5) is 22.7. The van der Waals surface area contributed by atoms with Crippen molar-refractivity contribution < 1.29 is 24.5 Å². The van der Waals surface area contributed by atoms with Crippen LogP contribution in [0.4, 0.5) is 0 Å². The van der Waals surface area contributed by atoms with E-state index >= 15 is 0 Å². The molecule has 1 rings (SSSR count). The second kappa shape index (κ2) is 7.74. The minimum absolute atomic E-state index is 0.0333. The molecule has 0 saturated carbocycles. The van der Waals surface area contributed by atoms with Crippen LogP contribution >= 0.6 is 0 Å². The first-order valence-corrected chi connectivity index (χ1v) is 6.25. The lowest BCUT2D eigenvalue weighted by Gasteiger charge is -2.16. The molecule has 0 radical (unpaired) electrons. The number of aliphatic hydroxyl groups excluding tert-OH is 2. The molecule has 0 heterocycles. The zero-order valence-corrected chi connectivity index (χ0v) is 11.3. The van der Waals surface area contributed by atoms with Crippen LogP contribution in [0.15, 0.2) is 24.3 Å². The van der Waals surface area contributed by atoms with Crippen LogP contribution in [-0.2, 0) is 9.53 Å². The lowest BCUT2D eigenvalue weighted by Crippen LogP contribution is -2.27. The molecule has 1 aromatic carbocycles. The normalized spacial score (nSPS) is 13.6. The van der Waals surface area contributed by atoms with Crippen LogP contribution in [0.2, 0.25) is 0 Å². The largest absolute Gasteiger partial charge is 0.469 e. The van der Waals surface area contributed by atoms with Gasteiger partial charge in [-0.1, -0.05) is 24.3 Å². The van der Waals surface area contributed by atoms with Crippen molar-refractivity contribution in [3.05, 3.63) is 35.4 Å². The van der Waals surface area contributed by atoms with E-state index in [4.69, 9.17) is 5.73 Å². The zero-order chi connectivity index (χ0) is 15.1. The Hall–Kier alpha value is -1.76. The predicted octanol–water partition coefficient (Wildman–Crippen LogP) is 0.175. The van der Waals surface area contributed by atoms with E-state index in [2.05, 4.69) is 4.74 Å². The maximum atomic E-state index is 11.8. The van der Waals surface area contributed by atoms with Crippen LogP contribution < -0.4 is 5.73 Å². The second-order valence-corrected chi connectivity index (χ2v) is 4.37. The number of hydrogen-bond donors (Lipinski definition) is 3. The Kier molecular flexibility index (Phi) is 6.30. The number of ether oxygens (including phenoxy) is 1. The van der Waals surface area contributed by atoms with Crippen LogP contribution in [-0.4, -0.2) is 41.7 Å². The summed E-state index contributed by atoms with van der Waals surface area (Å²) >= 11 is 0. The fraction of sp³-hybridized carbons (Fsp3) is 0.429. The van der Waals surface area contributed by atoms with Gasteiger partial charge >= 0.3 is 5.97 Å². The molecule has 6 heteroatoms.